The number of carbonyl (C=O) groups excluding carboxylic acids is 1. The summed E-state index contributed by atoms with van der Waals surface area (Å²) in [5.74, 6) is 0.0783. The molecule has 0 spiro atoms. The summed E-state index contributed by atoms with van der Waals surface area (Å²) in [6.07, 6.45) is 0.752. The summed E-state index contributed by atoms with van der Waals surface area (Å²) in [4.78, 5) is 17.4. The number of anilines is 1. The third-order valence-corrected chi connectivity index (χ3v) is 4.53. The van der Waals surface area contributed by atoms with Gasteiger partial charge in [-0.05, 0) is 30.1 Å². The van der Waals surface area contributed by atoms with E-state index in [0.717, 1.165) is 38.3 Å². The molecule has 5 nitrogen and oxygen atoms in total. The van der Waals surface area contributed by atoms with E-state index in [1.54, 1.807) is 0 Å². The molecule has 0 aliphatic carbocycles. The molecule has 6 heteroatoms. The minimum absolute atomic E-state index is 0.0783. The third kappa shape index (κ3) is 2.90. The summed E-state index contributed by atoms with van der Waals surface area (Å²) in [5, 5.41) is 4.02. The Hall–Kier alpha value is -1.95. The minimum atomic E-state index is 0.0783. The first-order valence-corrected chi connectivity index (χ1v) is 7.97. The highest BCUT2D eigenvalue weighted by Gasteiger charge is 2.25. The van der Waals surface area contributed by atoms with E-state index in [1.807, 2.05) is 30.0 Å². The van der Waals surface area contributed by atoms with Gasteiger partial charge in [0.25, 0.3) is 5.91 Å². The first-order valence-electron chi connectivity index (χ1n) is 7.20. The molecule has 110 valence electrons. The van der Waals surface area contributed by atoms with Crippen LogP contribution in [-0.2, 0) is 6.42 Å². The van der Waals surface area contributed by atoms with Crippen LogP contribution in [0.4, 0.5) is 5.69 Å². The summed E-state index contributed by atoms with van der Waals surface area (Å²) in [5.41, 5.74) is 2.04. The van der Waals surface area contributed by atoms with Crippen LogP contribution < -0.4 is 4.90 Å². The number of piperazine rings is 1. The van der Waals surface area contributed by atoms with Crippen LogP contribution in [-0.4, -0.2) is 46.6 Å². The fraction of sp³-hybridized carbons (Fsp3) is 0.400. The maximum Gasteiger partial charge on any atom is 0.267 e. The number of rotatable bonds is 3. The number of para-hydroxylation sites is 1. The van der Waals surface area contributed by atoms with E-state index in [4.69, 9.17) is 0 Å². The summed E-state index contributed by atoms with van der Waals surface area (Å²) in [6.45, 7) is 5.22. The van der Waals surface area contributed by atoms with Gasteiger partial charge in [-0.2, -0.15) is 0 Å². The Labute approximate surface area is 128 Å². The number of carbonyl (C=O) groups is 1. The number of benzene rings is 1. The lowest BCUT2D eigenvalue weighted by Crippen LogP contribution is -2.48. The maximum absolute atomic E-state index is 12.5. The average Bonchev–Trinajstić information content (AvgIpc) is 3.04. The van der Waals surface area contributed by atoms with E-state index in [-0.39, 0.29) is 5.91 Å². The predicted molar refractivity (Wildman–Crippen MR) is 83.8 cm³/mol. The Morgan fingerprint density at radius 3 is 2.57 bits per heavy atom. The number of hydrogen-bond acceptors (Lipinski definition) is 5. The molecule has 0 radical (unpaired) electrons. The molecule has 1 aliphatic heterocycles. The highest BCUT2D eigenvalue weighted by atomic mass is 32.1. The van der Waals surface area contributed by atoms with Crippen molar-refractivity contribution in [2.24, 2.45) is 0 Å². The maximum atomic E-state index is 12.5. The largest absolute Gasteiger partial charge is 0.368 e. The smallest absolute Gasteiger partial charge is 0.267 e. The van der Waals surface area contributed by atoms with Crippen molar-refractivity contribution in [3.8, 4) is 0 Å². The zero-order valence-electron chi connectivity index (χ0n) is 12.0. The number of aromatic nitrogens is 2. The molecule has 1 amide bonds. The predicted octanol–water partition coefficient (Wildman–Crippen LogP) is 2.06. The molecule has 1 aliphatic rings. The van der Waals surface area contributed by atoms with Gasteiger partial charge in [-0.3, -0.25) is 4.79 Å². The van der Waals surface area contributed by atoms with Gasteiger partial charge in [-0.1, -0.05) is 29.6 Å². The van der Waals surface area contributed by atoms with E-state index in [0.29, 0.717) is 4.88 Å². The SMILES string of the molecule is CCc1nnsc1C(=O)N1CCN(c2ccccc2)CC1. The first kappa shape index (κ1) is 14.0. The molecule has 1 saturated heterocycles. The van der Waals surface area contributed by atoms with E-state index in [9.17, 15) is 4.79 Å². The molecule has 1 aromatic carbocycles. The van der Waals surface area contributed by atoms with Crippen molar-refractivity contribution in [2.75, 3.05) is 31.1 Å². The van der Waals surface area contributed by atoms with Crippen LogP contribution in [0.1, 0.15) is 22.3 Å². The van der Waals surface area contributed by atoms with Gasteiger partial charge in [-0.25, -0.2) is 0 Å². The quantitative estimate of drug-likeness (QED) is 0.871. The molecule has 1 fully saturated rings. The normalized spacial score (nSPS) is 15.3. The van der Waals surface area contributed by atoms with Gasteiger partial charge >= 0.3 is 0 Å². The zero-order chi connectivity index (χ0) is 14.7. The van der Waals surface area contributed by atoms with Crippen molar-refractivity contribution >= 4 is 23.1 Å². The van der Waals surface area contributed by atoms with E-state index >= 15 is 0 Å². The van der Waals surface area contributed by atoms with Gasteiger partial charge in [-0.15, -0.1) is 5.10 Å². The van der Waals surface area contributed by atoms with Gasteiger partial charge in [0.1, 0.15) is 4.88 Å². The van der Waals surface area contributed by atoms with Crippen molar-refractivity contribution < 1.29 is 4.79 Å². The van der Waals surface area contributed by atoms with Crippen LogP contribution >= 0.6 is 11.5 Å². The molecular weight excluding hydrogens is 284 g/mol. The molecule has 2 aromatic rings. The number of aryl methyl sites for hydroxylation is 1. The standard InChI is InChI=1S/C15H18N4OS/c1-2-13-14(21-17-16-13)15(20)19-10-8-18(9-11-19)12-6-4-3-5-7-12/h3-7H,2,8-11H2,1H3. The first-order chi connectivity index (χ1) is 10.3. The topological polar surface area (TPSA) is 49.3 Å². The lowest BCUT2D eigenvalue weighted by molar-refractivity contribution is 0.0750. The molecule has 21 heavy (non-hydrogen) atoms. The number of nitrogens with zero attached hydrogens (tertiary/aromatic N) is 4. The van der Waals surface area contributed by atoms with E-state index < -0.39 is 0 Å². The average molecular weight is 302 g/mol. The molecular formula is C15H18N4OS. The fourth-order valence-corrected chi connectivity index (χ4v) is 3.27. The van der Waals surface area contributed by atoms with Crippen LogP contribution in [0, 0.1) is 0 Å². The summed E-state index contributed by atoms with van der Waals surface area (Å²) in [6, 6.07) is 10.3. The minimum Gasteiger partial charge on any atom is -0.368 e. The van der Waals surface area contributed by atoms with Gasteiger partial charge in [0.15, 0.2) is 0 Å². The van der Waals surface area contributed by atoms with E-state index in [1.165, 1.54) is 17.2 Å². The van der Waals surface area contributed by atoms with Crippen LogP contribution in [0.2, 0.25) is 0 Å². The van der Waals surface area contributed by atoms with Crippen molar-refractivity contribution in [3.05, 3.63) is 40.9 Å². The lowest BCUT2D eigenvalue weighted by Gasteiger charge is -2.35. The van der Waals surface area contributed by atoms with Crippen LogP contribution in [0.3, 0.4) is 0 Å². The molecule has 1 aromatic heterocycles. The second kappa shape index (κ2) is 6.22. The molecule has 0 saturated carbocycles. The van der Waals surface area contributed by atoms with Crippen LogP contribution in [0.25, 0.3) is 0 Å². The van der Waals surface area contributed by atoms with Crippen molar-refractivity contribution in [3.63, 3.8) is 0 Å². The van der Waals surface area contributed by atoms with Crippen molar-refractivity contribution in [2.45, 2.75) is 13.3 Å². The zero-order valence-corrected chi connectivity index (χ0v) is 12.8. The van der Waals surface area contributed by atoms with Crippen LogP contribution in [0.15, 0.2) is 30.3 Å². The number of amides is 1. The highest BCUT2D eigenvalue weighted by molar-refractivity contribution is 7.08. The number of hydrogen-bond donors (Lipinski definition) is 0. The molecule has 0 atom stereocenters. The van der Waals surface area contributed by atoms with Gasteiger partial charge in [0.2, 0.25) is 0 Å². The second-order valence-electron chi connectivity index (χ2n) is 5.02. The fourth-order valence-electron chi connectivity index (χ4n) is 2.55. The van der Waals surface area contributed by atoms with Crippen LogP contribution in [0.5, 0.6) is 0 Å². The third-order valence-electron chi connectivity index (χ3n) is 3.77. The molecule has 0 N–H and O–H groups in total. The Morgan fingerprint density at radius 1 is 1.19 bits per heavy atom. The highest BCUT2D eigenvalue weighted by Crippen LogP contribution is 2.19. The summed E-state index contributed by atoms with van der Waals surface area (Å²) >= 11 is 1.21. The van der Waals surface area contributed by atoms with Crippen molar-refractivity contribution in [1.82, 2.24) is 14.5 Å². The Balaban J connectivity index is 1.65. The Bertz CT molecular complexity index is 605. The monoisotopic (exact) mass is 302 g/mol. The molecule has 2 heterocycles. The lowest BCUT2D eigenvalue weighted by atomic mass is 10.2. The van der Waals surface area contributed by atoms with Crippen molar-refractivity contribution in [1.29, 1.82) is 0 Å². The van der Waals surface area contributed by atoms with Gasteiger partial charge in [0.05, 0.1) is 5.69 Å². The summed E-state index contributed by atoms with van der Waals surface area (Å²) in [7, 11) is 0. The molecule has 0 bridgehead atoms. The Kier molecular flexibility index (Phi) is 4.15. The molecule has 3 rings (SSSR count). The van der Waals surface area contributed by atoms with Gasteiger partial charge < -0.3 is 9.80 Å². The summed E-state index contributed by atoms with van der Waals surface area (Å²) < 4.78 is 3.91. The Morgan fingerprint density at radius 2 is 1.90 bits per heavy atom. The molecule has 0 unspecified atom stereocenters. The second-order valence-corrected chi connectivity index (χ2v) is 5.77. The van der Waals surface area contributed by atoms with E-state index in [2.05, 4.69) is 26.6 Å². The van der Waals surface area contributed by atoms with Gasteiger partial charge in [0, 0.05) is 31.9 Å².